The predicted octanol–water partition coefficient (Wildman–Crippen LogP) is 0.292. The third-order valence-electron chi connectivity index (χ3n) is 3.47. The van der Waals surface area contributed by atoms with E-state index >= 15 is 0 Å². The van der Waals surface area contributed by atoms with Crippen molar-refractivity contribution in [3.05, 3.63) is 30.5 Å². The molecule has 0 bridgehead atoms. The molecule has 2 aromatic rings. The first-order valence-electron chi connectivity index (χ1n) is 6.43. The van der Waals surface area contributed by atoms with Crippen LogP contribution >= 0.6 is 0 Å². The summed E-state index contributed by atoms with van der Waals surface area (Å²) in [6.45, 7) is 3.61. The van der Waals surface area contributed by atoms with Gasteiger partial charge >= 0.3 is 0 Å². The average Bonchev–Trinajstić information content (AvgIpc) is 2.46. The highest BCUT2D eigenvalue weighted by atomic mass is 32.2. The molecule has 2 heterocycles. The van der Waals surface area contributed by atoms with E-state index in [1.165, 1.54) is 0 Å². The minimum absolute atomic E-state index is 0.0759. The Morgan fingerprint density at radius 3 is 2.65 bits per heavy atom. The van der Waals surface area contributed by atoms with E-state index in [9.17, 15) is 8.42 Å². The molecule has 0 atom stereocenters. The van der Waals surface area contributed by atoms with Crippen LogP contribution in [0.3, 0.4) is 0 Å². The van der Waals surface area contributed by atoms with E-state index in [2.05, 4.69) is 15.2 Å². The topological polar surface area (TPSA) is 88.3 Å². The third kappa shape index (κ3) is 2.35. The van der Waals surface area contributed by atoms with Gasteiger partial charge in [-0.1, -0.05) is 0 Å². The molecule has 7 heteroatoms. The number of rotatable bonds is 2. The second kappa shape index (κ2) is 5.01. The van der Waals surface area contributed by atoms with Crippen LogP contribution in [0, 0.1) is 0 Å². The van der Waals surface area contributed by atoms with Gasteiger partial charge in [0.15, 0.2) is 0 Å². The summed E-state index contributed by atoms with van der Waals surface area (Å²) in [7, 11) is -3.77. The number of piperazine rings is 1. The lowest BCUT2D eigenvalue weighted by molar-refractivity contribution is 0.590. The Hall–Kier alpha value is -1.70. The first-order chi connectivity index (χ1) is 9.57. The van der Waals surface area contributed by atoms with Crippen molar-refractivity contribution in [1.29, 1.82) is 0 Å². The van der Waals surface area contributed by atoms with E-state index in [0.717, 1.165) is 37.3 Å². The molecule has 0 radical (unpaired) electrons. The van der Waals surface area contributed by atoms with Crippen molar-refractivity contribution < 1.29 is 8.42 Å². The maximum atomic E-state index is 11.6. The Labute approximate surface area is 117 Å². The number of aromatic nitrogens is 1. The number of nitrogens with two attached hydrogens (primary N) is 1. The summed E-state index contributed by atoms with van der Waals surface area (Å²) in [6, 6.07) is 7.05. The number of benzene rings is 1. The van der Waals surface area contributed by atoms with Crippen LogP contribution < -0.4 is 15.4 Å². The van der Waals surface area contributed by atoms with Gasteiger partial charge < -0.3 is 10.2 Å². The Balaban J connectivity index is 2.21. The molecule has 106 valence electrons. The molecule has 1 saturated heterocycles. The molecule has 1 aromatic heterocycles. The molecule has 0 amide bonds. The summed E-state index contributed by atoms with van der Waals surface area (Å²) >= 11 is 0. The highest BCUT2D eigenvalue weighted by molar-refractivity contribution is 7.89. The smallest absolute Gasteiger partial charge is 0.240 e. The fraction of sp³-hybridized carbons (Fsp3) is 0.308. The number of hydrogen-bond acceptors (Lipinski definition) is 5. The van der Waals surface area contributed by atoms with Gasteiger partial charge in [0.2, 0.25) is 10.0 Å². The lowest BCUT2D eigenvalue weighted by Crippen LogP contribution is -2.43. The highest BCUT2D eigenvalue weighted by Gasteiger charge is 2.19. The standard InChI is InChI=1S/C13H16N4O2S/c14-20(18,19)12-4-3-11(17-8-6-15-7-9-17)10-2-1-5-16-13(10)12/h1-5,15H,6-9H2,(H2,14,18,19). The largest absolute Gasteiger partial charge is 0.368 e. The number of nitrogens with one attached hydrogen (secondary N) is 1. The second-order valence-electron chi connectivity index (χ2n) is 4.76. The second-order valence-corrected chi connectivity index (χ2v) is 6.29. The van der Waals surface area contributed by atoms with Crippen molar-refractivity contribution in [1.82, 2.24) is 10.3 Å². The quantitative estimate of drug-likeness (QED) is 0.830. The summed E-state index contributed by atoms with van der Waals surface area (Å²) in [6.07, 6.45) is 1.58. The van der Waals surface area contributed by atoms with Gasteiger partial charge in [-0.15, -0.1) is 0 Å². The van der Waals surface area contributed by atoms with Crippen LogP contribution in [-0.2, 0) is 10.0 Å². The van der Waals surface area contributed by atoms with Crippen molar-refractivity contribution in [2.24, 2.45) is 5.14 Å². The van der Waals surface area contributed by atoms with E-state index in [1.54, 1.807) is 18.3 Å². The SMILES string of the molecule is NS(=O)(=O)c1ccc(N2CCNCC2)c2cccnc12. The molecule has 0 spiro atoms. The van der Waals surface area contributed by atoms with Crippen molar-refractivity contribution in [2.75, 3.05) is 31.1 Å². The fourth-order valence-electron chi connectivity index (χ4n) is 2.54. The molecule has 20 heavy (non-hydrogen) atoms. The Bertz CT molecular complexity index is 739. The maximum Gasteiger partial charge on any atom is 0.240 e. The molecule has 1 aromatic carbocycles. The number of pyridine rings is 1. The molecular formula is C13H16N4O2S. The molecule has 0 aliphatic carbocycles. The van der Waals surface area contributed by atoms with E-state index < -0.39 is 10.0 Å². The maximum absolute atomic E-state index is 11.6. The zero-order valence-electron chi connectivity index (χ0n) is 10.9. The lowest BCUT2D eigenvalue weighted by atomic mass is 10.1. The van der Waals surface area contributed by atoms with Crippen LogP contribution in [0.4, 0.5) is 5.69 Å². The van der Waals surface area contributed by atoms with Crippen LogP contribution in [0.1, 0.15) is 0 Å². The van der Waals surface area contributed by atoms with Gasteiger partial charge in [0.1, 0.15) is 4.90 Å². The van der Waals surface area contributed by atoms with Gasteiger partial charge in [0.25, 0.3) is 0 Å². The monoisotopic (exact) mass is 292 g/mol. The summed E-state index contributed by atoms with van der Waals surface area (Å²) in [5.74, 6) is 0. The van der Waals surface area contributed by atoms with Gasteiger partial charge in [0.05, 0.1) is 5.52 Å². The minimum atomic E-state index is -3.77. The molecule has 3 rings (SSSR count). The fourth-order valence-corrected chi connectivity index (χ4v) is 3.23. The van der Waals surface area contributed by atoms with E-state index in [4.69, 9.17) is 5.14 Å². The average molecular weight is 292 g/mol. The van der Waals surface area contributed by atoms with Gasteiger partial charge in [-0.3, -0.25) is 4.98 Å². The van der Waals surface area contributed by atoms with Crippen molar-refractivity contribution in [3.63, 3.8) is 0 Å². The number of sulfonamides is 1. The van der Waals surface area contributed by atoms with Gasteiger partial charge in [-0.05, 0) is 24.3 Å². The number of hydrogen-bond donors (Lipinski definition) is 2. The van der Waals surface area contributed by atoms with Gasteiger partial charge in [0, 0.05) is 43.4 Å². The zero-order chi connectivity index (χ0) is 14.2. The van der Waals surface area contributed by atoms with E-state index in [0.29, 0.717) is 5.52 Å². The first kappa shape index (κ1) is 13.3. The zero-order valence-corrected chi connectivity index (χ0v) is 11.7. The number of primary sulfonamides is 1. The molecular weight excluding hydrogens is 276 g/mol. The molecule has 1 fully saturated rings. The van der Waals surface area contributed by atoms with Crippen molar-refractivity contribution in [3.8, 4) is 0 Å². The summed E-state index contributed by atoms with van der Waals surface area (Å²) in [5.41, 5.74) is 1.44. The summed E-state index contributed by atoms with van der Waals surface area (Å²) in [4.78, 5) is 6.51. The normalized spacial score (nSPS) is 16.6. The molecule has 6 nitrogen and oxygen atoms in total. The van der Waals surface area contributed by atoms with Crippen molar-refractivity contribution in [2.45, 2.75) is 4.90 Å². The van der Waals surface area contributed by atoms with E-state index in [1.807, 2.05) is 12.1 Å². The van der Waals surface area contributed by atoms with Crippen LogP contribution in [0.15, 0.2) is 35.4 Å². The van der Waals surface area contributed by atoms with E-state index in [-0.39, 0.29) is 4.90 Å². The first-order valence-corrected chi connectivity index (χ1v) is 7.98. The third-order valence-corrected chi connectivity index (χ3v) is 4.42. The number of anilines is 1. The van der Waals surface area contributed by atoms with Crippen LogP contribution in [0.2, 0.25) is 0 Å². The van der Waals surface area contributed by atoms with Gasteiger partial charge in [-0.25, -0.2) is 13.6 Å². The summed E-state index contributed by atoms with van der Waals surface area (Å²) in [5, 5.41) is 9.38. The molecule has 1 aliphatic rings. The van der Waals surface area contributed by atoms with Gasteiger partial charge in [-0.2, -0.15) is 0 Å². The lowest BCUT2D eigenvalue weighted by Gasteiger charge is -2.30. The Morgan fingerprint density at radius 1 is 1.20 bits per heavy atom. The Morgan fingerprint density at radius 2 is 1.95 bits per heavy atom. The molecule has 1 aliphatic heterocycles. The van der Waals surface area contributed by atoms with Crippen LogP contribution in [0.5, 0.6) is 0 Å². The Kier molecular flexibility index (Phi) is 3.33. The predicted molar refractivity (Wildman–Crippen MR) is 78.2 cm³/mol. The molecule has 0 saturated carbocycles. The van der Waals surface area contributed by atoms with Crippen molar-refractivity contribution >= 4 is 26.6 Å². The number of nitrogens with zero attached hydrogens (tertiary/aromatic N) is 2. The van der Waals surface area contributed by atoms with Crippen LogP contribution in [0.25, 0.3) is 10.9 Å². The number of fused-ring (bicyclic) bond motifs is 1. The molecule has 0 unspecified atom stereocenters. The molecule has 3 N–H and O–H groups in total. The minimum Gasteiger partial charge on any atom is -0.368 e. The summed E-state index contributed by atoms with van der Waals surface area (Å²) < 4.78 is 23.3. The van der Waals surface area contributed by atoms with Crippen LogP contribution in [-0.4, -0.2) is 39.6 Å². The highest BCUT2D eigenvalue weighted by Crippen LogP contribution is 2.30.